The minimum Gasteiger partial charge on any atom is -0.380 e. The molecule has 0 aromatic rings. The zero-order valence-electron chi connectivity index (χ0n) is 33.7. The Morgan fingerprint density at radius 2 is 0.824 bits per heavy atom. The molecule has 4 fully saturated rings. The lowest BCUT2D eigenvalue weighted by Crippen LogP contribution is -2.54. The number of hydrogen-bond acceptors (Lipinski definition) is 3. The van der Waals surface area contributed by atoms with Crippen molar-refractivity contribution in [1.82, 2.24) is 0 Å². The van der Waals surface area contributed by atoms with E-state index < -0.39 is 0 Å². The second kappa shape index (κ2) is 18.4. The van der Waals surface area contributed by atoms with Crippen LogP contribution in [0.4, 0.5) is 0 Å². The minimum atomic E-state index is -0.261. The first-order valence-electron chi connectivity index (χ1n) is 22.6. The molecule has 0 amide bonds. The summed E-state index contributed by atoms with van der Waals surface area (Å²) in [5.74, 6) is 4.07. The normalized spacial score (nSPS) is 37.8. The molecule has 0 saturated heterocycles. The molecule has 0 aromatic heterocycles. The van der Waals surface area contributed by atoms with Crippen LogP contribution < -0.4 is 0 Å². The van der Waals surface area contributed by atoms with Gasteiger partial charge in [-0.2, -0.15) is 0 Å². The summed E-state index contributed by atoms with van der Waals surface area (Å²) in [6.07, 6.45) is 50.0. The van der Waals surface area contributed by atoms with Crippen LogP contribution in [0.5, 0.6) is 0 Å². The highest BCUT2D eigenvalue weighted by Gasteiger charge is 2.56. The van der Waals surface area contributed by atoms with Gasteiger partial charge in [0.25, 0.3) is 0 Å². The van der Waals surface area contributed by atoms with Gasteiger partial charge in [0.05, 0.1) is 13.2 Å². The Kier molecular flexibility index (Phi) is 14.3. The van der Waals surface area contributed by atoms with Gasteiger partial charge < -0.3 is 14.2 Å². The van der Waals surface area contributed by atoms with Crippen LogP contribution in [-0.4, -0.2) is 37.6 Å². The Balaban J connectivity index is 1.08. The highest BCUT2D eigenvalue weighted by atomic mass is 16.5. The van der Waals surface area contributed by atoms with Crippen molar-refractivity contribution in [1.29, 1.82) is 0 Å². The average molecular weight is 703 g/mol. The van der Waals surface area contributed by atoms with Gasteiger partial charge in [0.2, 0.25) is 0 Å². The second-order valence-electron chi connectivity index (χ2n) is 18.2. The monoisotopic (exact) mass is 703 g/mol. The zero-order valence-corrected chi connectivity index (χ0v) is 33.7. The summed E-state index contributed by atoms with van der Waals surface area (Å²) in [7, 11) is 0. The van der Waals surface area contributed by atoms with E-state index >= 15 is 0 Å². The summed E-state index contributed by atoms with van der Waals surface area (Å²) < 4.78 is 20.3. The van der Waals surface area contributed by atoms with Crippen LogP contribution in [0.3, 0.4) is 0 Å². The van der Waals surface area contributed by atoms with Crippen LogP contribution in [0.2, 0.25) is 0 Å². The molecule has 4 saturated carbocycles. The highest BCUT2D eigenvalue weighted by molar-refractivity contribution is 5.31. The smallest absolute Gasteiger partial charge is 0.110 e. The maximum atomic E-state index is 6.90. The third kappa shape index (κ3) is 8.42. The lowest BCUT2D eigenvalue weighted by Gasteiger charge is -2.56. The first-order chi connectivity index (χ1) is 25.0. The molecule has 6 rings (SSSR count). The summed E-state index contributed by atoms with van der Waals surface area (Å²) >= 11 is 0. The minimum absolute atomic E-state index is 0.243. The maximum absolute atomic E-state index is 6.90. The molecule has 0 heterocycles. The predicted octanol–water partition coefficient (Wildman–Crippen LogP) is 13.2. The highest BCUT2D eigenvalue weighted by Crippen LogP contribution is 2.60. The van der Waals surface area contributed by atoms with E-state index in [-0.39, 0.29) is 22.0 Å². The van der Waals surface area contributed by atoms with Crippen molar-refractivity contribution in [2.75, 3.05) is 26.4 Å². The van der Waals surface area contributed by atoms with Gasteiger partial charge in [0.15, 0.2) is 0 Å². The molecule has 3 nitrogen and oxygen atoms in total. The molecule has 0 N–H and O–H groups in total. The number of rotatable bonds is 16. The molecule has 6 aliphatic rings. The van der Waals surface area contributed by atoms with Gasteiger partial charge in [0.1, 0.15) is 11.2 Å². The van der Waals surface area contributed by atoms with E-state index in [1.807, 2.05) is 0 Å². The van der Waals surface area contributed by atoms with E-state index in [4.69, 9.17) is 14.2 Å². The Bertz CT molecular complexity index is 1030. The average Bonchev–Trinajstić information content (AvgIpc) is 3.18. The first-order valence-corrected chi connectivity index (χ1v) is 22.6. The number of ether oxygens (including phenoxy) is 3. The molecule has 0 radical (unpaired) electrons. The van der Waals surface area contributed by atoms with Gasteiger partial charge in [-0.05, 0) is 88.9 Å². The van der Waals surface area contributed by atoms with Crippen molar-refractivity contribution >= 4 is 0 Å². The van der Waals surface area contributed by atoms with E-state index in [2.05, 4.69) is 76.3 Å². The molecule has 3 heteroatoms. The van der Waals surface area contributed by atoms with Crippen molar-refractivity contribution in [2.45, 2.75) is 180 Å². The lowest BCUT2D eigenvalue weighted by atomic mass is 9.52. The van der Waals surface area contributed by atoms with Crippen LogP contribution in [0, 0.1) is 46.3 Å². The Morgan fingerprint density at radius 3 is 1.14 bits per heavy atom. The quantitative estimate of drug-likeness (QED) is 0.150. The SMILES string of the molecule is CCC[C@H]1CC[C@H](C2([C@]3(OCC)C=C[C@H](COC[C@H]4C=C[C@@](OCC)(C5([C@H]6CC[C@H](CCC)CC6)CCCCC5)C=C4)C=C3)CCCCC2)CC1. The maximum Gasteiger partial charge on any atom is 0.110 e. The molecule has 6 aliphatic carbocycles. The van der Waals surface area contributed by atoms with Crippen LogP contribution >= 0.6 is 0 Å². The van der Waals surface area contributed by atoms with Crippen molar-refractivity contribution in [2.24, 2.45) is 46.3 Å². The molecule has 0 spiro atoms. The first kappa shape index (κ1) is 39.5. The van der Waals surface area contributed by atoms with Crippen molar-refractivity contribution in [3.63, 3.8) is 0 Å². The van der Waals surface area contributed by atoms with Gasteiger partial charge in [-0.25, -0.2) is 0 Å². The number of hydrogen-bond donors (Lipinski definition) is 0. The fraction of sp³-hybridized carbons (Fsp3) is 0.833. The summed E-state index contributed by atoms with van der Waals surface area (Å²) in [6.45, 7) is 12.1. The van der Waals surface area contributed by atoms with E-state index in [1.165, 1.54) is 141 Å². The summed E-state index contributed by atoms with van der Waals surface area (Å²) in [5.41, 5.74) is -0.0372. The standard InChI is InChI=1S/C48H78O3/c1-5-15-39-17-21-43(22-18-39)45(29-11-9-12-30-45)47(50-7-3)33-25-41(26-34-47)37-49-38-42-27-35-48(36-28-42,51-8-4)46(31-13-10-14-32-46)44-23-19-40(16-6-2)20-24-44/h25-28,33-36,39-44H,5-24,29-32,37-38H2,1-4H3/t39-,40-,41-,42-,43-,44-,47-,48-. The van der Waals surface area contributed by atoms with Gasteiger partial charge in [0, 0.05) is 35.9 Å². The predicted molar refractivity (Wildman–Crippen MR) is 215 cm³/mol. The van der Waals surface area contributed by atoms with Crippen LogP contribution in [0.1, 0.15) is 169 Å². The summed E-state index contributed by atoms with van der Waals surface area (Å²) in [4.78, 5) is 0. The molecule has 0 aromatic carbocycles. The van der Waals surface area contributed by atoms with E-state index in [1.54, 1.807) is 0 Å². The topological polar surface area (TPSA) is 27.7 Å². The largest absolute Gasteiger partial charge is 0.380 e. The Labute approximate surface area is 314 Å². The molecular formula is C48H78O3. The van der Waals surface area contributed by atoms with Gasteiger partial charge in [-0.3, -0.25) is 0 Å². The van der Waals surface area contributed by atoms with E-state index in [9.17, 15) is 0 Å². The van der Waals surface area contributed by atoms with Crippen LogP contribution in [-0.2, 0) is 14.2 Å². The zero-order chi connectivity index (χ0) is 35.6. The fourth-order valence-electron chi connectivity index (χ4n) is 12.9. The molecule has 0 bridgehead atoms. The van der Waals surface area contributed by atoms with Crippen molar-refractivity contribution < 1.29 is 14.2 Å². The summed E-state index contributed by atoms with van der Waals surface area (Å²) in [6, 6.07) is 0. The van der Waals surface area contributed by atoms with Crippen molar-refractivity contribution in [3.05, 3.63) is 48.6 Å². The van der Waals surface area contributed by atoms with Gasteiger partial charge in [-0.1, -0.05) is 152 Å². The summed E-state index contributed by atoms with van der Waals surface area (Å²) in [5, 5.41) is 0. The molecule has 0 atom stereocenters. The van der Waals surface area contributed by atoms with E-state index in [0.717, 1.165) is 50.1 Å². The molecule has 0 unspecified atom stereocenters. The third-order valence-corrected chi connectivity index (χ3v) is 15.4. The molecule has 0 aliphatic heterocycles. The van der Waals surface area contributed by atoms with Crippen LogP contribution in [0.15, 0.2) is 48.6 Å². The molecule has 288 valence electrons. The second-order valence-corrected chi connectivity index (χ2v) is 18.2. The fourth-order valence-corrected chi connectivity index (χ4v) is 12.9. The lowest BCUT2D eigenvalue weighted by molar-refractivity contribution is -0.123. The van der Waals surface area contributed by atoms with Gasteiger partial charge in [-0.15, -0.1) is 0 Å². The third-order valence-electron chi connectivity index (χ3n) is 15.4. The Morgan fingerprint density at radius 1 is 0.471 bits per heavy atom. The molecular weight excluding hydrogens is 625 g/mol. The molecule has 51 heavy (non-hydrogen) atoms. The van der Waals surface area contributed by atoms with Gasteiger partial charge >= 0.3 is 0 Å². The van der Waals surface area contributed by atoms with Crippen molar-refractivity contribution in [3.8, 4) is 0 Å². The Hall–Kier alpha value is -1.16. The van der Waals surface area contributed by atoms with E-state index in [0.29, 0.717) is 11.8 Å². The van der Waals surface area contributed by atoms with Crippen LogP contribution in [0.25, 0.3) is 0 Å².